The van der Waals surface area contributed by atoms with Crippen molar-refractivity contribution in [2.24, 2.45) is 0 Å². The van der Waals surface area contributed by atoms with Crippen LogP contribution in [0.15, 0.2) is 53.4 Å². The molecule has 20 heavy (non-hydrogen) atoms. The lowest BCUT2D eigenvalue weighted by Gasteiger charge is -2.11. The average Bonchev–Trinajstić information content (AvgIpc) is 2.48. The minimum absolute atomic E-state index is 0.136. The highest BCUT2D eigenvalue weighted by Crippen LogP contribution is 2.27. The number of nitrogens with zero attached hydrogens (tertiary/aromatic N) is 1. The van der Waals surface area contributed by atoms with Crippen molar-refractivity contribution < 1.29 is 4.79 Å². The normalized spacial score (nSPS) is 11.7. The van der Waals surface area contributed by atoms with E-state index in [-0.39, 0.29) is 5.78 Å². The Morgan fingerprint density at radius 3 is 2.60 bits per heavy atom. The molecule has 2 aromatic carbocycles. The maximum Gasteiger partial charge on any atom is 0.185 e. The highest BCUT2D eigenvalue weighted by atomic mass is 32.2. The van der Waals surface area contributed by atoms with Gasteiger partial charge >= 0.3 is 0 Å². The minimum Gasteiger partial charge on any atom is -0.292 e. The lowest BCUT2D eigenvalue weighted by Crippen LogP contribution is -2.12. The molecular formula is C17H15NOS. The van der Waals surface area contributed by atoms with Gasteiger partial charge in [-0.15, -0.1) is 11.8 Å². The van der Waals surface area contributed by atoms with Gasteiger partial charge in [0.1, 0.15) is 5.92 Å². The molecule has 2 nitrogen and oxygen atoms in total. The predicted molar refractivity (Wildman–Crippen MR) is 82.1 cm³/mol. The Hall–Kier alpha value is -2.05. The largest absolute Gasteiger partial charge is 0.292 e. The van der Waals surface area contributed by atoms with E-state index in [0.717, 1.165) is 16.0 Å². The third-order valence-electron chi connectivity index (χ3n) is 3.14. The highest BCUT2D eigenvalue weighted by molar-refractivity contribution is 7.98. The first-order chi connectivity index (χ1) is 9.67. The number of benzene rings is 2. The van der Waals surface area contributed by atoms with Crippen molar-refractivity contribution in [2.45, 2.75) is 17.7 Å². The maximum atomic E-state index is 12.6. The molecule has 0 aromatic heterocycles. The van der Waals surface area contributed by atoms with Crippen LogP contribution in [0.25, 0.3) is 0 Å². The number of hydrogen-bond acceptors (Lipinski definition) is 3. The van der Waals surface area contributed by atoms with Crippen LogP contribution < -0.4 is 0 Å². The predicted octanol–water partition coefficient (Wildman–Crippen LogP) is 4.21. The Morgan fingerprint density at radius 2 is 1.95 bits per heavy atom. The molecule has 100 valence electrons. The zero-order valence-corrected chi connectivity index (χ0v) is 12.3. The first kappa shape index (κ1) is 14.4. The molecule has 0 bridgehead atoms. The Labute approximate surface area is 123 Å². The molecule has 2 rings (SSSR count). The van der Waals surface area contributed by atoms with Crippen LogP contribution in [0, 0.1) is 18.3 Å². The Bertz CT molecular complexity index is 673. The molecule has 0 amide bonds. The van der Waals surface area contributed by atoms with Gasteiger partial charge in [-0.05, 0) is 24.8 Å². The second-order valence-corrected chi connectivity index (χ2v) is 5.39. The third-order valence-corrected chi connectivity index (χ3v) is 3.94. The van der Waals surface area contributed by atoms with Crippen LogP contribution in [0.2, 0.25) is 0 Å². The molecule has 0 aliphatic heterocycles. The molecule has 3 heteroatoms. The molecule has 1 atom stereocenters. The number of rotatable bonds is 4. The van der Waals surface area contributed by atoms with Gasteiger partial charge in [-0.25, -0.2) is 0 Å². The fourth-order valence-corrected chi connectivity index (χ4v) is 2.74. The van der Waals surface area contributed by atoms with Gasteiger partial charge in [0.2, 0.25) is 0 Å². The van der Waals surface area contributed by atoms with Gasteiger partial charge in [-0.3, -0.25) is 4.79 Å². The molecular weight excluding hydrogens is 266 g/mol. The van der Waals surface area contributed by atoms with E-state index in [1.54, 1.807) is 6.07 Å². The lowest BCUT2D eigenvalue weighted by atomic mass is 9.91. The summed E-state index contributed by atoms with van der Waals surface area (Å²) in [4.78, 5) is 13.5. The maximum absolute atomic E-state index is 12.6. The second kappa shape index (κ2) is 6.40. The molecule has 0 saturated carbocycles. The molecule has 1 unspecified atom stereocenters. The quantitative estimate of drug-likeness (QED) is 0.622. The zero-order valence-electron chi connectivity index (χ0n) is 11.5. The summed E-state index contributed by atoms with van der Waals surface area (Å²) in [5.74, 6) is -0.883. The van der Waals surface area contributed by atoms with Crippen molar-refractivity contribution >= 4 is 17.5 Å². The van der Waals surface area contributed by atoms with Gasteiger partial charge in [-0.2, -0.15) is 5.26 Å². The van der Waals surface area contributed by atoms with Crippen LogP contribution in [0.3, 0.4) is 0 Å². The standard InChI is InChI=1S/C17H15NOS/c1-12-6-5-7-13(10-12)15(11-18)17(19)14-8-3-4-9-16(14)20-2/h3-10,15H,1-2H3. The van der Waals surface area contributed by atoms with Crippen LogP contribution in [-0.2, 0) is 0 Å². The summed E-state index contributed by atoms with van der Waals surface area (Å²) in [6, 6.07) is 17.1. The van der Waals surface area contributed by atoms with Gasteiger partial charge in [0.05, 0.1) is 6.07 Å². The molecule has 2 aromatic rings. The number of carbonyl (C=O) groups is 1. The zero-order chi connectivity index (χ0) is 14.5. The summed E-state index contributed by atoms with van der Waals surface area (Å²) in [5, 5.41) is 9.39. The average molecular weight is 281 g/mol. The Kier molecular flexibility index (Phi) is 4.60. The first-order valence-corrected chi connectivity index (χ1v) is 7.53. The van der Waals surface area contributed by atoms with Crippen molar-refractivity contribution in [3.8, 4) is 6.07 Å². The fourth-order valence-electron chi connectivity index (χ4n) is 2.14. The number of nitriles is 1. The fraction of sp³-hybridized carbons (Fsp3) is 0.176. The van der Waals surface area contributed by atoms with Gasteiger partial charge in [0.15, 0.2) is 5.78 Å². The number of ketones is 1. The van der Waals surface area contributed by atoms with Crippen LogP contribution >= 0.6 is 11.8 Å². The molecule has 0 radical (unpaired) electrons. The van der Waals surface area contributed by atoms with E-state index in [0.29, 0.717) is 5.56 Å². The first-order valence-electron chi connectivity index (χ1n) is 6.30. The van der Waals surface area contributed by atoms with E-state index in [2.05, 4.69) is 6.07 Å². The number of carbonyl (C=O) groups excluding carboxylic acids is 1. The molecule has 0 N–H and O–H groups in total. The highest BCUT2D eigenvalue weighted by Gasteiger charge is 2.23. The Morgan fingerprint density at radius 1 is 1.20 bits per heavy atom. The van der Waals surface area contributed by atoms with Gasteiger partial charge < -0.3 is 0 Å². The van der Waals surface area contributed by atoms with Gasteiger partial charge in [-0.1, -0.05) is 48.0 Å². The molecule has 0 heterocycles. The van der Waals surface area contributed by atoms with E-state index >= 15 is 0 Å². The van der Waals surface area contributed by atoms with E-state index < -0.39 is 5.92 Å². The second-order valence-electron chi connectivity index (χ2n) is 4.54. The third kappa shape index (κ3) is 2.92. The summed E-state index contributed by atoms with van der Waals surface area (Å²) in [6.45, 7) is 1.96. The number of Topliss-reactive ketones (excluding diaryl/α,β-unsaturated/α-hetero) is 1. The van der Waals surface area contributed by atoms with E-state index in [9.17, 15) is 10.1 Å². The van der Waals surface area contributed by atoms with E-state index in [1.807, 2.05) is 55.6 Å². The number of hydrogen-bond donors (Lipinski definition) is 0. The SMILES string of the molecule is CSc1ccccc1C(=O)C(C#N)c1cccc(C)c1. The van der Waals surface area contributed by atoms with Crippen molar-refractivity contribution in [3.63, 3.8) is 0 Å². The number of aryl methyl sites for hydroxylation is 1. The molecule has 0 aliphatic rings. The molecule has 0 aliphatic carbocycles. The summed E-state index contributed by atoms with van der Waals surface area (Å²) < 4.78 is 0. The van der Waals surface area contributed by atoms with Crippen LogP contribution in [0.5, 0.6) is 0 Å². The monoisotopic (exact) mass is 281 g/mol. The van der Waals surface area contributed by atoms with Crippen LogP contribution in [0.1, 0.15) is 27.4 Å². The molecule has 0 spiro atoms. The molecule has 0 fully saturated rings. The number of thioether (sulfide) groups is 1. The van der Waals surface area contributed by atoms with Gasteiger partial charge in [0, 0.05) is 10.5 Å². The minimum atomic E-state index is -0.747. The summed E-state index contributed by atoms with van der Waals surface area (Å²) in [7, 11) is 0. The van der Waals surface area contributed by atoms with Crippen molar-refractivity contribution in [1.82, 2.24) is 0 Å². The van der Waals surface area contributed by atoms with Crippen molar-refractivity contribution in [1.29, 1.82) is 5.26 Å². The van der Waals surface area contributed by atoms with E-state index in [4.69, 9.17) is 0 Å². The summed E-state index contributed by atoms with van der Waals surface area (Å²) in [5.41, 5.74) is 2.43. The van der Waals surface area contributed by atoms with Crippen LogP contribution in [-0.4, -0.2) is 12.0 Å². The summed E-state index contributed by atoms with van der Waals surface area (Å²) >= 11 is 1.52. The molecule has 0 saturated heterocycles. The summed E-state index contributed by atoms with van der Waals surface area (Å²) in [6.07, 6.45) is 1.93. The Balaban J connectivity index is 2.42. The van der Waals surface area contributed by atoms with E-state index in [1.165, 1.54) is 11.8 Å². The van der Waals surface area contributed by atoms with Crippen LogP contribution in [0.4, 0.5) is 0 Å². The van der Waals surface area contributed by atoms with Gasteiger partial charge in [0.25, 0.3) is 0 Å². The topological polar surface area (TPSA) is 40.9 Å². The van der Waals surface area contributed by atoms with Crippen molar-refractivity contribution in [2.75, 3.05) is 6.26 Å². The lowest BCUT2D eigenvalue weighted by molar-refractivity contribution is 0.0976. The smallest absolute Gasteiger partial charge is 0.185 e. The van der Waals surface area contributed by atoms with Crippen molar-refractivity contribution in [3.05, 3.63) is 65.2 Å².